The lowest BCUT2D eigenvalue weighted by molar-refractivity contribution is 0.338. The first kappa shape index (κ1) is 9.97. The van der Waals surface area contributed by atoms with Crippen LogP contribution in [0.2, 0.25) is 0 Å². The van der Waals surface area contributed by atoms with Crippen molar-refractivity contribution >= 4 is 9.84 Å². The minimum Gasteiger partial charge on any atom is -0.228 e. The smallest absolute Gasteiger partial charge is 0.163 e. The number of nitriles is 1. The molecule has 2 aliphatic carbocycles. The molecular weight excluding hydrogens is 198 g/mol. The SMILES string of the molecule is CS(=O)(=O)C(C#N)C1CC2CCC1C2. The van der Waals surface area contributed by atoms with E-state index in [0.717, 1.165) is 19.3 Å². The quantitative estimate of drug-likeness (QED) is 0.696. The second-order valence-corrected chi connectivity index (χ2v) is 6.88. The fourth-order valence-electron chi connectivity index (χ4n) is 3.17. The van der Waals surface area contributed by atoms with Gasteiger partial charge in [-0.2, -0.15) is 5.26 Å². The molecule has 0 aliphatic heterocycles. The summed E-state index contributed by atoms with van der Waals surface area (Å²) in [6.45, 7) is 0. The minimum absolute atomic E-state index is 0.119. The van der Waals surface area contributed by atoms with E-state index in [1.165, 1.54) is 12.7 Å². The lowest BCUT2D eigenvalue weighted by Gasteiger charge is -2.24. The Morgan fingerprint density at radius 3 is 2.43 bits per heavy atom. The third kappa shape index (κ3) is 1.54. The third-order valence-corrected chi connectivity index (χ3v) is 5.15. The van der Waals surface area contributed by atoms with Gasteiger partial charge in [-0.1, -0.05) is 6.42 Å². The molecule has 0 spiro atoms. The van der Waals surface area contributed by atoms with Gasteiger partial charge in [0.25, 0.3) is 0 Å². The predicted molar refractivity (Wildman–Crippen MR) is 53.2 cm³/mol. The van der Waals surface area contributed by atoms with Crippen LogP contribution in [-0.4, -0.2) is 19.9 Å². The van der Waals surface area contributed by atoms with E-state index in [4.69, 9.17) is 5.26 Å². The van der Waals surface area contributed by atoms with Crippen molar-refractivity contribution in [3.63, 3.8) is 0 Å². The van der Waals surface area contributed by atoms with Gasteiger partial charge in [0.15, 0.2) is 15.1 Å². The van der Waals surface area contributed by atoms with Crippen molar-refractivity contribution in [2.45, 2.75) is 30.9 Å². The largest absolute Gasteiger partial charge is 0.228 e. The first-order chi connectivity index (χ1) is 6.52. The number of nitrogens with zero attached hydrogens (tertiary/aromatic N) is 1. The van der Waals surface area contributed by atoms with E-state index in [2.05, 4.69) is 0 Å². The molecule has 0 saturated heterocycles. The summed E-state index contributed by atoms with van der Waals surface area (Å²) in [7, 11) is -3.18. The maximum absolute atomic E-state index is 11.4. The molecule has 0 aromatic rings. The van der Waals surface area contributed by atoms with Gasteiger partial charge in [0.1, 0.15) is 0 Å². The van der Waals surface area contributed by atoms with E-state index < -0.39 is 15.1 Å². The second kappa shape index (κ2) is 3.23. The van der Waals surface area contributed by atoms with Crippen LogP contribution in [0, 0.1) is 29.1 Å². The van der Waals surface area contributed by atoms with Gasteiger partial charge in [-0.25, -0.2) is 8.42 Å². The molecule has 78 valence electrons. The average Bonchev–Trinajstić information content (AvgIpc) is 2.63. The predicted octanol–water partition coefficient (Wildman–Crippen LogP) is 1.36. The molecule has 4 unspecified atom stereocenters. The standard InChI is InChI=1S/C10H15NO2S/c1-14(12,13)10(6-11)9-5-7-2-3-8(9)4-7/h7-10H,2-5H2,1H3. The van der Waals surface area contributed by atoms with Gasteiger partial charge in [-0.05, 0) is 37.0 Å². The number of fused-ring (bicyclic) bond motifs is 2. The van der Waals surface area contributed by atoms with Gasteiger partial charge in [0, 0.05) is 6.26 Å². The number of sulfone groups is 1. The molecule has 0 aromatic heterocycles. The molecule has 4 atom stereocenters. The summed E-state index contributed by atoms with van der Waals surface area (Å²) in [4.78, 5) is 0. The van der Waals surface area contributed by atoms with Gasteiger partial charge >= 0.3 is 0 Å². The van der Waals surface area contributed by atoms with Crippen LogP contribution in [-0.2, 0) is 9.84 Å². The monoisotopic (exact) mass is 213 g/mol. The summed E-state index contributed by atoms with van der Waals surface area (Å²) in [6, 6.07) is 1.98. The molecule has 4 heteroatoms. The Hall–Kier alpha value is -0.560. The Morgan fingerprint density at radius 1 is 1.36 bits per heavy atom. The zero-order valence-electron chi connectivity index (χ0n) is 8.31. The minimum atomic E-state index is -3.18. The molecule has 2 fully saturated rings. The normalized spacial score (nSPS) is 38.1. The Morgan fingerprint density at radius 2 is 2.07 bits per heavy atom. The molecule has 0 N–H and O–H groups in total. The fraction of sp³-hybridized carbons (Fsp3) is 0.900. The van der Waals surface area contributed by atoms with Gasteiger partial charge in [0.05, 0.1) is 6.07 Å². The van der Waals surface area contributed by atoms with Crippen molar-refractivity contribution in [2.75, 3.05) is 6.26 Å². The molecule has 0 aromatic carbocycles. The maximum Gasteiger partial charge on any atom is 0.163 e. The third-order valence-electron chi connectivity index (χ3n) is 3.77. The first-order valence-electron chi connectivity index (χ1n) is 5.11. The molecule has 3 nitrogen and oxygen atoms in total. The van der Waals surface area contributed by atoms with Crippen LogP contribution in [0.25, 0.3) is 0 Å². The summed E-state index contributed by atoms with van der Waals surface area (Å²) in [5, 5.41) is 8.17. The first-order valence-corrected chi connectivity index (χ1v) is 7.06. The number of hydrogen-bond acceptors (Lipinski definition) is 3. The van der Waals surface area contributed by atoms with E-state index in [1.54, 1.807) is 0 Å². The highest BCUT2D eigenvalue weighted by Crippen LogP contribution is 2.50. The molecule has 14 heavy (non-hydrogen) atoms. The highest BCUT2D eigenvalue weighted by atomic mass is 32.2. The molecular formula is C10H15NO2S. The van der Waals surface area contributed by atoms with E-state index in [-0.39, 0.29) is 5.92 Å². The summed E-state index contributed by atoms with van der Waals surface area (Å²) in [5.41, 5.74) is 0. The molecule has 0 heterocycles. The van der Waals surface area contributed by atoms with Gasteiger partial charge in [-0.3, -0.25) is 0 Å². The highest BCUT2D eigenvalue weighted by molar-refractivity contribution is 7.91. The second-order valence-electron chi connectivity index (χ2n) is 4.72. The van der Waals surface area contributed by atoms with Crippen LogP contribution in [0.1, 0.15) is 25.7 Å². The molecule has 2 saturated carbocycles. The van der Waals surface area contributed by atoms with Crippen molar-refractivity contribution in [1.29, 1.82) is 5.26 Å². The van der Waals surface area contributed by atoms with Crippen molar-refractivity contribution in [3.8, 4) is 6.07 Å². The molecule has 2 rings (SSSR count). The fourth-order valence-corrected chi connectivity index (χ4v) is 4.33. The Balaban J connectivity index is 2.20. The topological polar surface area (TPSA) is 57.9 Å². The number of rotatable bonds is 2. The van der Waals surface area contributed by atoms with Crippen molar-refractivity contribution in [1.82, 2.24) is 0 Å². The zero-order chi connectivity index (χ0) is 10.3. The van der Waals surface area contributed by atoms with E-state index in [0.29, 0.717) is 11.8 Å². The van der Waals surface area contributed by atoms with Crippen LogP contribution in [0.3, 0.4) is 0 Å². The lowest BCUT2D eigenvalue weighted by Crippen LogP contribution is -2.31. The highest BCUT2D eigenvalue weighted by Gasteiger charge is 2.46. The Bertz CT molecular complexity index is 368. The molecule has 2 aliphatic rings. The summed E-state index contributed by atoms with van der Waals surface area (Å²) in [5.74, 6) is 1.32. The molecule has 0 amide bonds. The summed E-state index contributed by atoms with van der Waals surface area (Å²) in [6.07, 6.45) is 5.66. The molecule has 2 bridgehead atoms. The van der Waals surface area contributed by atoms with E-state index in [1.807, 2.05) is 6.07 Å². The lowest BCUT2D eigenvalue weighted by atomic mass is 9.86. The Kier molecular flexibility index (Phi) is 2.30. The Labute approximate surface area is 85.0 Å². The summed E-state index contributed by atoms with van der Waals surface area (Å²) >= 11 is 0. The van der Waals surface area contributed by atoms with Crippen molar-refractivity contribution in [3.05, 3.63) is 0 Å². The van der Waals surface area contributed by atoms with Crippen LogP contribution in [0.15, 0.2) is 0 Å². The number of hydrogen-bond donors (Lipinski definition) is 0. The van der Waals surface area contributed by atoms with E-state index >= 15 is 0 Å². The van der Waals surface area contributed by atoms with Crippen LogP contribution < -0.4 is 0 Å². The summed E-state index contributed by atoms with van der Waals surface area (Å²) < 4.78 is 22.8. The van der Waals surface area contributed by atoms with Crippen LogP contribution >= 0.6 is 0 Å². The zero-order valence-corrected chi connectivity index (χ0v) is 9.13. The van der Waals surface area contributed by atoms with Gasteiger partial charge in [0.2, 0.25) is 0 Å². The van der Waals surface area contributed by atoms with Crippen LogP contribution in [0.5, 0.6) is 0 Å². The van der Waals surface area contributed by atoms with Crippen molar-refractivity contribution in [2.24, 2.45) is 17.8 Å². The van der Waals surface area contributed by atoms with Gasteiger partial charge < -0.3 is 0 Å². The van der Waals surface area contributed by atoms with Crippen molar-refractivity contribution < 1.29 is 8.42 Å². The van der Waals surface area contributed by atoms with Crippen LogP contribution in [0.4, 0.5) is 0 Å². The molecule has 0 radical (unpaired) electrons. The average molecular weight is 213 g/mol. The van der Waals surface area contributed by atoms with E-state index in [9.17, 15) is 8.42 Å². The maximum atomic E-state index is 11.4. The van der Waals surface area contributed by atoms with Gasteiger partial charge in [-0.15, -0.1) is 0 Å².